The van der Waals surface area contributed by atoms with Crippen LogP contribution in [0.3, 0.4) is 0 Å². The number of methoxy groups -OCH3 is 2. The van der Waals surface area contributed by atoms with E-state index in [0.717, 1.165) is 0 Å². The maximum absolute atomic E-state index is 9.43. The lowest BCUT2D eigenvalue weighted by molar-refractivity contribution is 0.361. The molecule has 0 bridgehead atoms. The molecule has 1 rings (SSSR count). The fourth-order valence-corrected chi connectivity index (χ4v) is 1.32. The number of nitrogens with two attached hydrogens (primary N) is 1. The smallest absolute Gasteiger partial charge is 0.167 e. The summed E-state index contributed by atoms with van der Waals surface area (Å²) >= 11 is 0. The van der Waals surface area contributed by atoms with Gasteiger partial charge in [0.2, 0.25) is 0 Å². The van der Waals surface area contributed by atoms with Crippen LogP contribution in [-0.4, -0.2) is 19.3 Å². The molecule has 3 N–H and O–H groups in total. The summed E-state index contributed by atoms with van der Waals surface area (Å²) in [6, 6.07) is 1.41. The molecule has 0 spiro atoms. The molecule has 0 saturated carbocycles. The van der Waals surface area contributed by atoms with Gasteiger partial charge >= 0.3 is 0 Å². The number of nitrogen functional groups attached to an aromatic ring is 1. The van der Waals surface area contributed by atoms with Crippen molar-refractivity contribution in [1.82, 2.24) is 0 Å². The minimum atomic E-state index is 0.0262. The van der Waals surface area contributed by atoms with Crippen molar-refractivity contribution in [2.24, 2.45) is 0 Å². The van der Waals surface area contributed by atoms with Crippen molar-refractivity contribution in [1.29, 1.82) is 0 Å². The topological polar surface area (TPSA) is 64.7 Å². The van der Waals surface area contributed by atoms with E-state index < -0.39 is 0 Å². The number of aromatic hydroxyl groups is 1. The highest BCUT2D eigenvalue weighted by atomic mass is 16.5. The third-order valence-electron chi connectivity index (χ3n) is 1.88. The summed E-state index contributed by atoms with van der Waals surface area (Å²) in [7, 11) is 3.01. The zero-order valence-corrected chi connectivity index (χ0v) is 7.92. The number of anilines is 1. The Labute approximate surface area is 76.9 Å². The number of hydrogen-bond acceptors (Lipinski definition) is 4. The number of benzene rings is 1. The summed E-state index contributed by atoms with van der Waals surface area (Å²) in [5.41, 5.74) is 6.71. The fraction of sp³-hybridized carbons (Fsp3) is 0.333. The van der Waals surface area contributed by atoms with Gasteiger partial charge in [-0.15, -0.1) is 0 Å². The molecule has 0 aliphatic rings. The van der Waals surface area contributed by atoms with Gasteiger partial charge in [0.1, 0.15) is 5.75 Å². The summed E-state index contributed by atoms with van der Waals surface area (Å²) in [6.07, 6.45) is 0. The number of phenolic OH excluding ortho intramolecular Hbond substituents is 1. The molecule has 0 atom stereocenters. The molecule has 0 radical (unpaired) electrons. The van der Waals surface area contributed by atoms with Crippen LogP contribution >= 0.6 is 0 Å². The molecule has 0 fully saturated rings. The van der Waals surface area contributed by atoms with Crippen LogP contribution in [0.5, 0.6) is 17.2 Å². The van der Waals surface area contributed by atoms with E-state index >= 15 is 0 Å². The molecule has 0 aromatic heterocycles. The second kappa shape index (κ2) is 3.43. The van der Waals surface area contributed by atoms with Crippen LogP contribution in [0.1, 0.15) is 5.56 Å². The average molecular weight is 183 g/mol. The summed E-state index contributed by atoms with van der Waals surface area (Å²) in [6.45, 7) is 1.77. The van der Waals surface area contributed by atoms with Crippen molar-refractivity contribution in [3.05, 3.63) is 11.6 Å². The first-order chi connectivity index (χ1) is 6.11. The second-order valence-electron chi connectivity index (χ2n) is 2.68. The zero-order valence-electron chi connectivity index (χ0n) is 7.92. The van der Waals surface area contributed by atoms with Gasteiger partial charge in [-0.25, -0.2) is 0 Å². The fourth-order valence-electron chi connectivity index (χ4n) is 1.32. The van der Waals surface area contributed by atoms with Crippen LogP contribution in [0.25, 0.3) is 0 Å². The van der Waals surface area contributed by atoms with Crippen molar-refractivity contribution in [3.63, 3.8) is 0 Å². The summed E-state index contributed by atoms with van der Waals surface area (Å²) in [4.78, 5) is 0. The molecule has 13 heavy (non-hydrogen) atoms. The molecule has 0 saturated heterocycles. The molecular formula is C9H13NO3. The van der Waals surface area contributed by atoms with E-state index in [1.54, 1.807) is 6.92 Å². The lowest BCUT2D eigenvalue weighted by Gasteiger charge is -2.13. The summed E-state index contributed by atoms with van der Waals surface area (Å²) < 4.78 is 10.0. The first-order valence-electron chi connectivity index (χ1n) is 3.81. The Morgan fingerprint density at radius 2 is 1.77 bits per heavy atom. The highest BCUT2D eigenvalue weighted by molar-refractivity contribution is 5.66. The molecule has 1 aromatic carbocycles. The third kappa shape index (κ3) is 1.47. The van der Waals surface area contributed by atoms with Gasteiger partial charge in [0.25, 0.3) is 0 Å². The molecule has 0 amide bonds. The number of hydrogen-bond donors (Lipinski definition) is 2. The number of ether oxygens (including phenoxy) is 2. The predicted molar refractivity (Wildman–Crippen MR) is 50.4 cm³/mol. The monoisotopic (exact) mass is 183 g/mol. The van der Waals surface area contributed by atoms with Crippen LogP contribution in [0, 0.1) is 6.92 Å². The Hall–Kier alpha value is -1.58. The maximum atomic E-state index is 9.43. The second-order valence-corrected chi connectivity index (χ2v) is 2.68. The van der Waals surface area contributed by atoms with E-state index in [-0.39, 0.29) is 5.75 Å². The van der Waals surface area contributed by atoms with Gasteiger partial charge in [0.05, 0.1) is 19.9 Å². The van der Waals surface area contributed by atoms with Gasteiger partial charge in [0.15, 0.2) is 11.5 Å². The van der Waals surface area contributed by atoms with Crippen LogP contribution in [0.15, 0.2) is 6.07 Å². The quantitative estimate of drug-likeness (QED) is 0.678. The minimum absolute atomic E-state index is 0.0262. The molecule has 4 nitrogen and oxygen atoms in total. The SMILES string of the molecule is COc1c(N)cc(O)c(OC)c1C. The third-order valence-corrected chi connectivity index (χ3v) is 1.88. The van der Waals surface area contributed by atoms with Crippen molar-refractivity contribution in [2.45, 2.75) is 6.92 Å². The van der Waals surface area contributed by atoms with Crippen molar-refractivity contribution in [3.8, 4) is 17.2 Å². The van der Waals surface area contributed by atoms with E-state index in [1.165, 1.54) is 20.3 Å². The highest BCUT2D eigenvalue weighted by Gasteiger charge is 2.13. The lowest BCUT2D eigenvalue weighted by Crippen LogP contribution is -1.97. The number of phenols is 1. The van der Waals surface area contributed by atoms with Crippen LogP contribution in [0.4, 0.5) is 5.69 Å². The van der Waals surface area contributed by atoms with E-state index in [0.29, 0.717) is 22.7 Å². The standard InChI is InChI=1S/C9H13NO3/c1-5-8(12-2)6(10)4-7(11)9(5)13-3/h4,11H,10H2,1-3H3. The highest BCUT2D eigenvalue weighted by Crippen LogP contribution is 2.40. The average Bonchev–Trinajstić information content (AvgIpc) is 2.04. The molecule has 0 aliphatic heterocycles. The minimum Gasteiger partial charge on any atom is -0.504 e. The largest absolute Gasteiger partial charge is 0.504 e. The normalized spacial score (nSPS) is 9.77. The first kappa shape index (κ1) is 9.51. The number of rotatable bonds is 2. The molecule has 4 heteroatoms. The van der Waals surface area contributed by atoms with Crippen molar-refractivity contribution < 1.29 is 14.6 Å². The van der Waals surface area contributed by atoms with Gasteiger partial charge in [-0.1, -0.05) is 0 Å². The van der Waals surface area contributed by atoms with Crippen molar-refractivity contribution in [2.75, 3.05) is 20.0 Å². The van der Waals surface area contributed by atoms with Crippen molar-refractivity contribution >= 4 is 5.69 Å². The maximum Gasteiger partial charge on any atom is 0.167 e. The molecule has 72 valence electrons. The molecule has 0 aliphatic carbocycles. The Bertz CT molecular complexity index is 295. The van der Waals surface area contributed by atoms with Crippen LogP contribution < -0.4 is 15.2 Å². The van der Waals surface area contributed by atoms with E-state index in [9.17, 15) is 5.11 Å². The van der Waals surface area contributed by atoms with E-state index in [4.69, 9.17) is 15.2 Å². The predicted octanol–water partition coefficient (Wildman–Crippen LogP) is 1.30. The Balaban J connectivity index is 3.39. The van der Waals surface area contributed by atoms with Gasteiger partial charge in [-0.3, -0.25) is 0 Å². The Morgan fingerprint density at radius 3 is 2.23 bits per heavy atom. The van der Waals surface area contributed by atoms with Gasteiger partial charge in [-0.2, -0.15) is 0 Å². The van der Waals surface area contributed by atoms with Gasteiger partial charge < -0.3 is 20.3 Å². The Kier molecular flexibility index (Phi) is 2.51. The van der Waals surface area contributed by atoms with E-state index in [2.05, 4.69) is 0 Å². The Morgan fingerprint density at radius 1 is 1.23 bits per heavy atom. The van der Waals surface area contributed by atoms with Gasteiger partial charge in [0, 0.05) is 11.6 Å². The first-order valence-corrected chi connectivity index (χ1v) is 3.81. The molecular weight excluding hydrogens is 170 g/mol. The van der Waals surface area contributed by atoms with Gasteiger partial charge in [-0.05, 0) is 6.92 Å². The van der Waals surface area contributed by atoms with Crippen LogP contribution in [0.2, 0.25) is 0 Å². The van der Waals surface area contributed by atoms with E-state index in [1.807, 2.05) is 0 Å². The van der Waals surface area contributed by atoms with Crippen LogP contribution in [-0.2, 0) is 0 Å². The molecule has 0 heterocycles. The molecule has 1 aromatic rings. The molecule has 0 unspecified atom stereocenters. The summed E-state index contributed by atoms with van der Waals surface area (Å²) in [5, 5.41) is 9.43. The zero-order chi connectivity index (χ0) is 10.0. The lowest BCUT2D eigenvalue weighted by atomic mass is 10.1. The summed E-state index contributed by atoms with van der Waals surface area (Å²) in [5.74, 6) is 0.957.